The summed E-state index contributed by atoms with van der Waals surface area (Å²) >= 11 is 3.62. The monoisotopic (exact) mass is 494 g/mol. The third-order valence-electron chi connectivity index (χ3n) is 5.82. The van der Waals surface area contributed by atoms with E-state index in [2.05, 4.69) is 56.3 Å². The van der Waals surface area contributed by atoms with Gasteiger partial charge in [0.1, 0.15) is 0 Å². The second-order valence-corrected chi connectivity index (χ2v) is 10.3. The third kappa shape index (κ3) is 4.55. The van der Waals surface area contributed by atoms with E-state index in [1.807, 2.05) is 72.6 Å². The van der Waals surface area contributed by atoms with Crippen molar-refractivity contribution in [2.24, 2.45) is 0 Å². The van der Waals surface area contributed by atoms with Crippen LogP contribution in [0, 0.1) is 0 Å². The van der Waals surface area contributed by atoms with Gasteiger partial charge in [0.25, 0.3) is 0 Å². The van der Waals surface area contributed by atoms with Crippen LogP contribution in [0.5, 0.6) is 0 Å². The van der Waals surface area contributed by atoms with Gasteiger partial charge < -0.3 is 4.74 Å². The molecule has 0 atom stereocenters. The lowest BCUT2D eigenvalue weighted by atomic mass is 10.1. The van der Waals surface area contributed by atoms with E-state index in [4.69, 9.17) is 4.74 Å². The van der Waals surface area contributed by atoms with E-state index >= 15 is 0 Å². The predicted molar refractivity (Wildman–Crippen MR) is 146 cm³/mol. The molecule has 0 aliphatic rings. The topological polar surface area (TPSA) is 60.8 Å². The van der Waals surface area contributed by atoms with Gasteiger partial charge >= 0.3 is 0 Å². The van der Waals surface area contributed by atoms with E-state index in [0.717, 1.165) is 55.1 Å². The molecule has 4 heterocycles. The van der Waals surface area contributed by atoms with Gasteiger partial charge in [-0.25, -0.2) is 0 Å². The molecular weight excluding hydrogens is 472 g/mol. The summed E-state index contributed by atoms with van der Waals surface area (Å²) < 4.78 is 5.98. The number of rotatable bonds is 8. The normalized spacial score (nSPS) is 11.7. The van der Waals surface area contributed by atoms with Crippen molar-refractivity contribution in [2.45, 2.75) is 9.79 Å². The molecule has 0 saturated carbocycles. The average Bonchev–Trinajstić information content (AvgIpc) is 2.92. The van der Waals surface area contributed by atoms with Crippen LogP contribution in [0.15, 0.2) is 95.2 Å². The summed E-state index contributed by atoms with van der Waals surface area (Å²) in [5.41, 5.74) is 3.82. The van der Waals surface area contributed by atoms with Crippen LogP contribution in [-0.2, 0) is 4.74 Å². The van der Waals surface area contributed by atoms with Crippen LogP contribution in [0.4, 0.5) is 0 Å². The number of aromatic nitrogens is 4. The minimum Gasteiger partial charge on any atom is -0.380 e. The number of nitrogens with zero attached hydrogens (tertiary/aromatic N) is 4. The molecule has 4 aromatic heterocycles. The minimum atomic E-state index is 0.696. The molecular formula is C28H22N4OS2. The standard InChI is InChI=1S/C28H22N4OS2/c1-5-19-17-23(21-7-3-11-31-27(21)25(19)29-9-1)34-15-13-33-14-16-35-24-18-20-6-2-10-30-26(20)28-22(24)8-4-12-32-28/h1-12,17-18H,13-16H2. The maximum atomic E-state index is 5.98. The van der Waals surface area contributed by atoms with Crippen molar-refractivity contribution in [1.29, 1.82) is 0 Å². The highest BCUT2D eigenvalue weighted by atomic mass is 32.2. The van der Waals surface area contributed by atoms with Crippen LogP contribution in [-0.4, -0.2) is 44.7 Å². The first kappa shape index (κ1) is 22.2. The summed E-state index contributed by atoms with van der Waals surface area (Å²) in [4.78, 5) is 20.7. The fraction of sp³-hybridized carbons (Fsp3) is 0.143. The van der Waals surface area contributed by atoms with Crippen LogP contribution in [0.25, 0.3) is 43.6 Å². The van der Waals surface area contributed by atoms with Crippen molar-refractivity contribution in [1.82, 2.24) is 19.9 Å². The highest BCUT2D eigenvalue weighted by molar-refractivity contribution is 7.99. The molecule has 0 saturated heterocycles. The number of pyridine rings is 4. The number of thioether (sulfide) groups is 2. The van der Waals surface area contributed by atoms with Crippen LogP contribution >= 0.6 is 23.5 Å². The molecule has 0 unspecified atom stereocenters. The fourth-order valence-corrected chi connectivity index (χ4v) is 6.15. The van der Waals surface area contributed by atoms with Crippen molar-refractivity contribution in [3.05, 3.63) is 85.5 Å². The van der Waals surface area contributed by atoms with Crippen molar-refractivity contribution in [3.63, 3.8) is 0 Å². The molecule has 35 heavy (non-hydrogen) atoms. The zero-order valence-corrected chi connectivity index (χ0v) is 20.6. The van der Waals surface area contributed by atoms with Gasteiger partial charge in [-0.15, -0.1) is 23.5 Å². The number of ether oxygens (including phenoxy) is 1. The molecule has 0 aliphatic heterocycles. The van der Waals surface area contributed by atoms with Gasteiger partial charge in [-0.3, -0.25) is 19.9 Å². The lowest BCUT2D eigenvalue weighted by Gasteiger charge is -2.10. The van der Waals surface area contributed by atoms with Gasteiger partial charge in [-0.05, 0) is 36.4 Å². The zero-order chi connectivity index (χ0) is 23.5. The zero-order valence-electron chi connectivity index (χ0n) is 18.9. The lowest BCUT2D eigenvalue weighted by Crippen LogP contribution is -2.01. The molecule has 5 nitrogen and oxygen atoms in total. The van der Waals surface area contributed by atoms with Crippen LogP contribution in [0.2, 0.25) is 0 Å². The fourth-order valence-electron chi connectivity index (χ4n) is 4.25. The minimum absolute atomic E-state index is 0.696. The second-order valence-electron chi connectivity index (χ2n) is 8.01. The Bertz CT molecular complexity index is 1530. The lowest BCUT2D eigenvalue weighted by molar-refractivity contribution is 0.167. The van der Waals surface area contributed by atoms with Crippen LogP contribution < -0.4 is 0 Å². The van der Waals surface area contributed by atoms with Gasteiger partial charge in [0.05, 0.1) is 35.3 Å². The molecule has 0 N–H and O–H groups in total. The predicted octanol–water partition coefficient (Wildman–Crippen LogP) is 6.78. The van der Waals surface area contributed by atoms with Gasteiger partial charge in [-0.2, -0.15) is 0 Å². The highest BCUT2D eigenvalue weighted by Crippen LogP contribution is 2.33. The Hall–Kier alpha value is -3.26. The summed E-state index contributed by atoms with van der Waals surface area (Å²) in [7, 11) is 0. The van der Waals surface area contributed by atoms with Crippen molar-refractivity contribution < 1.29 is 4.74 Å². The number of benzene rings is 2. The summed E-state index contributed by atoms with van der Waals surface area (Å²) in [5, 5.41) is 4.52. The molecule has 0 amide bonds. The molecule has 0 aliphatic carbocycles. The Morgan fingerprint density at radius 3 is 1.46 bits per heavy atom. The van der Waals surface area contributed by atoms with Crippen LogP contribution in [0.3, 0.4) is 0 Å². The smallest absolute Gasteiger partial charge is 0.0975 e. The van der Waals surface area contributed by atoms with Gasteiger partial charge in [0.2, 0.25) is 0 Å². The van der Waals surface area contributed by atoms with E-state index in [0.29, 0.717) is 13.2 Å². The van der Waals surface area contributed by atoms with Gasteiger partial charge in [-0.1, -0.05) is 24.3 Å². The van der Waals surface area contributed by atoms with Crippen molar-refractivity contribution in [2.75, 3.05) is 24.7 Å². The summed E-state index contributed by atoms with van der Waals surface area (Å²) in [6, 6.07) is 20.8. The summed E-state index contributed by atoms with van der Waals surface area (Å²) in [6.45, 7) is 1.39. The number of hydrogen-bond donors (Lipinski definition) is 0. The Morgan fingerprint density at radius 1 is 0.543 bits per heavy atom. The van der Waals surface area contributed by atoms with Crippen molar-refractivity contribution >= 4 is 67.1 Å². The molecule has 7 heteroatoms. The maximum absolute atomic E-state index is 5.98. The molecule has 172 valence electrons. The molecule has 0 radical (unpaired) electrons. The summed E-state index contributed by atoms with van der Waals surface area (Å²) in [6.07, 6.45) is 7.31. The van der Waals surface area contributed by atoms with Gasteiger partial charge in [0, 0.05) is 67.6 Å². The molecule has 0 spiro atoms. The van der Waals surface area contributed by atoms with E-state index in [9.17, 15) is 0 Å². The molecule has 2 aromatic carbocycles. The first-order chi connectivity index (χ1) is 17.4. The molecule has 6 rings (SSSR count). The maximum Gasteiger partial charge on any atom is 0.0975 e. The SMILES string of the molecule is c1cnc2c(c1)cc(SCCOCCSc1cc3cccnc3c3ncccc13)c1cccnc12. The first-order valence-corrected chi connectivity index (χ1v) is 13.4. The van der Waals surface area contributed by atoms with E-state index in [-0.39, 0.29) is 0 Å². The Morgan fingerprint density at radius 2 is 0.971 bits per heavy atom. The second kappa shape index (κ2) is 10.2. The molecule has 6 aromatic rings. The van der Waals surface area contributed by atoms with Crippen molar-refractivity contribution in [3.8, 4) is 0 Å². The largest absolute Gasteiger partial charge is 0.380 e. The quantitative estimate of drug-likeness (QED) is 0.131. The number of fused-ring (bicyclic) bond motifs is 6. The highest BCUT2D eigenvalue weighted by Gasteiger charge is 2.10. The van der Waals surface area contributed by atoms with E-state index in [1.54, 1.807) is 0 Å². The molecule has 0 bridgehead atoms. The van der Waals surface area contributed by atoms with E-state index < -0.39 is 0 Å². The van der Waals surface area contributed by atoms with Crippen LogP contribution in [0.1, 0.15) is 0 Å². The first-order valence-electron chi connectivity index (χ1n) is 11.5. The average molecular weight is 495 g/mol. The summed E-state index contributed by atoms with van der Waals surface area (Å²) in [5.74, 6) is 1.77. The molecule has 0 fully saturated rings. The van der Waals surface area contributed by atoms with Gasteiger partial charge in [0.15, 0.2) is 0 Å². The Balaban J connectivity index is 1.07. The number of hydrogen-bond acceptors (Lipinski definition) is 7. The third-order valence-corrected chi connectivity index (χ3v) is 7.86. The Kier molecular flexibility index (Phi) is 6.45. The Labute approximate surface area is 211 Å². The van der Waals surface area contributed by atoms with E-state index in [1.165, 1.54) is 9.79 Å².